The summed E-state index contributed by atoms with van der Waals surface area (Å²) in [5, 5.41) is 19.1. The summed E-state index contributed by atoms with van der Waals surface area (Å²) in [6.45, 7) is 0.845. The molecule has 8 nitrogen and oxygen atoms in total. The van der Waals surface area contributed by atoms with Gasteiger partial charge >= 0.3 is 11.9 Å². The highest BCUT2D eigenvalue weighted by molar-refractivity contribution is 5.83. The van der Waals surface area contributed by atoms with Gasteiger partial charge in [0.25, 0.3) is 0 Å². The number of carboxylic acid groups (broad SMARTS) is 2. The lowest BCUT2D eigenvalue weighted by molar-refractivity contribution is -0.142. The van der Waals surface area contributed by atoms with Gasteiger partial charge < -0.3 is 25.4 Å². The molecule has 3 aromatic rings. The summed E-state index contributed by atoms with van der Waals surface area (Å²) in [6.07, 6.45) is -0.159. The molecule has 1 saturated heterocycles. The summed E-state index contributed by atoms with van der Waals surface area (Å²) >= 11 is 0. The van der Waals surface area contributed by atoms with E-state index in [1.807, 2.05) is 66.7 Å². The molecular formula is C27H28N2O6. The lowest BCUT2D eigenvalue weighted by atomic mass is 9.98. The topological polar surface area (TPSA) is 122 Å². The molecule has 0 bridgehead atoms. The van der Waals surface area contributed by atoms with Gasteiger partial charge in [0.05, 0.1) is 0 Å². The molecular weight excluding hydrogens is 448 g/mol. The molecule has 1 aliphatic heterocycles. The van der Waals surface area contributed by atoms with Crippen molar-refractivity contribution in [2.75, 3.05) is 6.54 Å². The SMILES string of the molecule is N[C@]1(C(=O)O)C[C@H](C(=O)O)N(Cc2ccc(OCc3ccccc3)c(OCc3ccccc3)c2)C1. The predicted molar refractivity (Wildman–Crippen MR) is 129 cm³/mol. The maximum absolute atomic E-state index is 11.8. The van der Waals surface area contributed by atoms with Crippen LogP contribution in [-0.2, 0) is 29.3 Å². The Labute approximate surface area is 203 Å². The second kappa shape index (κ2) is 10.6. The Bertz CT molecular complexity index is 1170. The number of hydrogen-bond donors (Lipinski definition) is 3. The quantitative estimate of drug-likeness (QED) is 0.408. The summed E-state index contributed by atoms with van der Waals surface area (Å²) in [7, 11) is 0. The van der Waals surface area contributed by atoms with Crippen molar-refractivity contribution in [2.45, 2.75) is 37.8 Å². The molecule has 182 valence electrons. The van der Waals surface area contributed by atoms with E-state index in [0.29, 0.717) is 24.7 Å². The highest BCUT2D eigenvalue weighted by atomic mass is 16.5. The van der Waals surface area contributed by atoms with Crippen LogP contribution in [-0.4, -0.2) is 45.2 Å². The van der Waals surface area contributed by atoms with Crippen molar-refractivity contribution in [1.82, 2.24) is 4.90 Å². The fourth-order valence-electron chi connectivity index (χ4n) is 4.16. The number of rotatable bonds is 10. The largest absolute Gasteiger partial charge is 0.485 e. The van der Waals surface area contributed by atoms with Crippen LogP contribution in [0.15, 0.2) is 78.9 Å². The van der Waals surface area contributed by atoms with Crippen molar-refractivity contribution in [1.29, 1.82) is 0 Å². The van der Waals surface area contributed by atoms with Crippen molar-refractivity contribution in [3.05, 3.63) is 95.6 Å². The first-order valence-corrected chi connectivity index (χ1v) is 11.3. The molecule has 1 fully saturated rings. The molecule has 1 heterocycles. The zero-order valence-corrected chi connectivity index (χ0v) is 19.2. The summed E-state index contributed by atoms with van der Waals surface area (Å²) in [5.74, 6) is -1.22. The van der Waals surface area contributed by atoms with Crippen molar-refractivity contribution >= 4 is 11.9 Å². The predicted octanol–water partition coefficient (Wildman–Crippen LogP) is 3.29. The van der Waals surface area contributed by atoms with E-state index in [4.69, 9.17) is 15.2 Å². The fourth-order valence-corrected chi connectivity index (χ4v) is 4.16. The van der Waals surface area contributed by atoms with Crippen LogP contribution in [0.4, 0.5) is 0 Å². The van der Waals surface area contributed by atoms with Crippen LogP contribution in [0.1, 0.15) is 23.1 Å². The summed E-state index contributed by atoms with van der Waals surface area (Å²) < 4.78 is 12.1. The van der Waals surface area contributed by atoms with Gasteiger partial charge in [-0.25, -0.2) is 0 Å². The van der Waals surface area contributed by atoms with Crippen molar-refractivity contribution < 1.29 is 29.3 Å². The molecule has 0 spiro atoms. The molecule has 0 aromatic heterocycles. The monoisotopic (exact) mass is 476 g/mol. The minimum atomic E-state index is -1.60. The van der Waals surface area contributed by atoms with Crippen LogP contribution in [0.2, 0.25) is 0 Å². The van der Waals surface area contributed by atoms with Gasteiger partial charge in [0, 0.05) is 19.5 Å². The number of nitrogens with zero attached hydrogens (tertiary/aromatic N) is 1. The molecule has 2 atom stereocenters. The number of aliphatic carboxylic acids is 2. The third kappa shape index (κ3) is 5.98. The Morgan fingerprint density at radius 1 is 0.857 bits per heavy atom. The van der Waals surface area contributed by atoms with E-state index < -0.39 is 23.5 Å². The van der Waals surface area contributed by atoms with Gasteiger partial charge in [-0.15, -0.1) is 0 Å². The summed E-state index contributed by atoms with van der Waals surface area (Å²) in [5.41, 5.74) is 7.15. The second-order valence-corrected chi connectivity index (χ2v) is 8.75. The minimum absolute atomic E-state index is 0.0637. The Hall–Kier alpha value is -3.88. The number of carboxylic acids is 2. The normalized spacial score (nSPS) is 19.9. The lowest BCUT2D eigenvalue weighted by Crippen LogP contribution is -2.50. The molecule has 0 radical (unpaired) electrons. The van der Waals surface area contributed by atoms with E-state index in [2.05, 4.69) is 0 Å². The van der Waals surface area contributed by atoms with Gasteiger partial charge in [-0.05, 0) is 28.8 Å². The average molecular weight is 477 g/mol. The summed E-state index contributed by atoms with van der Waals surface area (Å²) in [4.78, 5) is 25.0. The van der Waals surface area contributed by atoms with Crippen molar-refractivity contribution in [3.8, 4) is 11.5 Å². The molecule has 0 amide bonds. The van der Waals surface area contributed by atoms with E-state index in [1.165, 1.54) is 0 Å². The van der Waals surface area contributed by atoms with E-state index in [1.54, 1.807) is 17.0 Å². The highest BCUT2D eigenvalue weighted by Crippen LogP contribution is 2.33. The Balaban J connectivity index is 1.55. The first kappa shape index (κ1) is 24.3. The van der Waals surface area contributed by atoms with E-state index in [-0.39, 0.29) is 19.5 Å². The van der Waals surface area contributed by atoms with Gasteiger partial charge in [0.1, 0.15) is 24.8 Å². The lowest BCUT2D eigenvalue weighted by Gasteiger charge is -2.22. The van der Waals surface area contributed by atoms with Crippen LogP contribution in [0.5, 0.6) is 11.5 Å². The molecule has 8 heteroatoms. The number of ether oxygens (including phenoxy) is 2. The fraction of sp³-hybridized carbons (Fsp3) is 0.259. The maximum Gasteiger partial charge on any atom is 0.325 e. The van der Waals surface area contributed by atoms with E-state index in [0.717, 1.165) is 16.7 Å². The van der Waals surface area contributed by atoms with Crippen LogP contribution in [0.3, 0.4) is 0 Å². The van der Waals surface area contributed by atoms with Gasteiger partial charge in [0.2, 0.25) is 0 Å². The van der Waals surface area contributed by atoms with Gasteiger partial charge in [-0.3, -0.25) is 14.5 Å². The van der Waals surface area contributed by atoms with Crippen LogP contribution < -0.4 is 15.2 Å². The number of nitrogens with two attached hydrogens (primary N) is 1. The third-order valence-electron chi connectivity index (χ3n) is 6.06. The number of likely N-dealkylation sites (tertiary alicyclic amines) is 1. The smallest absolute Gasteiger partial charge is 0.325 e. The number of carbonyl (C=O) groups is 2. The molecule has 35 heavy (non-hydrogen) atoms. The molecule has 0 unspecified atom stereocenters. The molecule has 0 saturated carbocycles. The van der Waals surface area contributed by atoms with Crippen molar-refractivity contribution in [3.63, 3.8) is 0 Å². The van der Waals surface area contributed by atoms with Crippen molar-refractivity contribution in [2.24, 2.45) is 5.73 Å². The minimum Gasteiger partial charge on any atom is -0.485 e. The molecule has 4 N–H and O–H groups in total. The first-order chi connectivity index (χ1) is 16.8. The molecule has 4 rings (SSSR count). The van der Waals surface area contributed by atoms with Gasteiger partial charge in [0.15, 0.2) is 11.5 Å². The third-order valence-corrected chi connectivity index (χ3v) is 6.06. The molecule has 0 aliphatic carbocycles. The van der Waals surface area contributed by atoms with Crippen LogP contribution in [0, 0.1) is 0 Å². The van der Waals surface area contributed by atoms with E-state index >= 15 is 0 Å². The van der Waals surface area contributed by atoms with Crippen LogP contribution in [0.25, 0.3) is 0 Å². The Morgan fingerprint density at radius 2 is 1.43 bits per heavy atom. The van der Waals surface area contributed by atoms with Gasteiger partial charge in [-0.1, -0.05) is 66.7 Å². The highest BCUT2D eigenvalue weighted by Gasteiger charge is 2.49. The zero-order chi connectivity index (χ0) is 24.8. The number of benzene rings is 3. The van der Waals surface area contributed by atoms with Crippen LogP contribution >= 0.6 is 0 Å². The maximum atomic E-state index is 11.8. The zero-order valence-electron chi connectivity index (χ0n) is 19.2. The Kier molecular flexibility index (Phi) is 7.33. The Morgan fingerprint density at radius 3 is 1.97 bits per heavy atom. The van der Waals surface area contributed by atoms with Gasteiger partial charge in [-0.2, -0.15) is 0 Å². The molecule has 1 aliphatic rings. The number of hydrogen-bond acceptors (Lipinski definition) is 6. The summed E-state index contributed by atoms with van der Waals surface area (Å²) in [6, 6.07) is 23.9. The van der Waals surface area contributed by atoms with E-state index in [9.17, 15) is 19.8 Å². The average Bonchev–Trinajstić information content (AvgIpc) is 3.21. The standard InChI is InChI=1S/C27H28N2O6/c28-27(26(32)33)14-22(25(30)31)29(18-27)15-21-11-12-23(34-16-19-7-3-1-4-8-19)24(13-21)35-17-20-9-5-2-6-10-20/h1-13,22H,14-18,28H2,(H,30,31)(H,32,33)/t22-,27-/m1/s1. The molecule has 3 aromatic carbocycles. The first-order valence-electron chi connectivity index (χ1n) is 11.3. The second-order valence-electron chi connectivity index (χ2n) is 8.75.